The van der Waals surface area contributed by atoms with Gasteiger partial charge in [0.2, 0.25) is 0 Å². The van der Waals surface area contributed by atoms with Gasteiger partial charge in [-0.2, -0.15) is 0 Å². The summed E-state index contributed by atoms with van der Waals surface area (Å²) in [5, 5.41) is 0.705. The number of methoxy groups -OCH3 is 1. The Kier molecular flexibility index (Phi) is 8.25. The monoisotopic (exact) mass is 529 g/mol. The molecule has 0 saturated carbocycles. The Bertz CT molecular complexity index is 976. The highest BCUT2D eigenvalue weighted by molar-refractivity contribution is 9.10. The zero-order valence-corrected chi connectivity index (χ0v) is 19.9. The summed E-state index contributed by atoms with van der Waals surface area (Å²) in [5.41, 5.74) is 1.52. The maximum Gasteiger partial charge on any atom is 0.293 e. The van der Waals surface area contributed by atoms with Crippen LogP contribution < -0.4 is 4.74 Å². The predicted octanol–water partition coefficient (Wildman–Crippen LogP) is 6.41. The van der Waals surface area contributed by atoms with Gasteiger partial charge in [0.05, 0.1) is 14.4 Å². The first kappa shape index (κ1) is 23.2. The lowest BCUT2D eigenvalue weighted by Gasteiger charge is -2.12. The van der Waals surface area contributed by atoms with Crippen molar-refractivity contribution >= 4 is 68.1 Å². The molecule has 0 radical (unpaired) electrons. The van der Waals surface area contributed by atoms with Gasteiger partial charge in [-0.3, -0.25) is 14.5 Å². The van der Waals surface area contributed by atoms with E-state index in [1.165, 1.54) is 4.90 Å². The average molecular weight is 531 g/mol. The molecular formula is C21H18BrCl2NO4S. The molecule has 1 heterocycles. The minimum Gasteiger partial charge on any atom is -0.486 e. The molecule has 0 aromatic heterocycles. The summed E-state index contributed by atoms with van der Waals surface area (Å²) < 4.78 is 11.4. The molecule has 2 aromatic carbocycles. The van der Waals surface area contributed by atoms with Gasteiger partial charge in [-0.25, -0.2) is 0 Å². The van der Waals surface area contributed by atoms with Crippen LogP contribution in [0.2, 0.25) is 10.0 Å². The molecule has 9 heteroatoms. The molecule has 0 bridgehead atoms. The zero-order valence-electron chi connectivity index (χ0n) is 16.0. The third kappa shape index (κ3) is 5.59. The number of nitrogens with zero attached hydrogens (tertiary/aromatic N) is 1. The molecule has 0 spiro atoms. The van der Waals surface area contributed by atoms with Crippen LogP contribution >= 0.6 is 50.9 Å². The number of imide groups is 1. The lowest BCUT2D eigenvalue weighted by molar-refractivity contribution is -0.122. The average Bonchev–Trinajstić information content (AvgIpc) is 2.96. The summed E-state index contributed by atoms with van der Waals surface area (Å²) in [6.07, 6.45) is 2.24. The molecule has 1 saturated heterocycles. The quantitative estimate of drug-likeness (QED) is 0.291. The van der Waals surface area contributed by atoms with Crippen molar-refractivity contribution in [3.8, 4) is 5.75 Å². The molecule has 0 aliphatic carbocycles. The third-order valence-corrected chi connectivity index (χ3v) is 6.40. The zero-order chi connectivity index (χ0) is 21.7. The molecule has 2 amide bonds. The maximum atomic E-state index is 12.5. The molecule has 5 nitrogen and oxygen atoms in total. The number of halogens is 3. The lowest BCUT2D eigenvalue weighted by atomic mass is 10.2. The van der Waals surface area contributed by atoms with Crippen molar-refractivity contribution in [2.75, 3.05) is 20.3 Å². The number of amides is 2. The Morgan fingerprint density at radius 2 is 1.93 bits per heavy atom. The van der Waals surface area contributed by atoms with E-state index in [2.05, 4.69) is 15.9 Å². The molecule has 1 fully saturated rings. The van der Waals surface area contributed by atoms with Crippen LogP contribution in [-0.4, -0.2) is 36.3 Å². The normalized spacial score (nSPS) is 15.3. The topological polar surface area (TPSA) is 55.8 Å². The van der Waals surface area contributed by atoms with Crippen LogP contribution in [-0.2, 0) is 16.1 Å². The van der Waals surface area contributed by atoms with Gasteiger partial charge < -0.3 is 9.47 Å². The third-order valence-electron chi connectivity index (χ3n) is 4.25. The number of benzene rings is 2. The van der Waals surface area contributed by atoms with Crippen molar-refractivity contribution in [3.05, 3.63) is 66.9 Å². The van der Waals surface area contributed by atoms with Gasteiger partial charge in [0.25, 0.3) is 11.1 Å². The van der Waals surface area contributed by atoms with Gasteiger partial charge in [0.15, 0.2) is 5.75 Å². The maximum absolute atomic E-state index is 12.5. The molecule has 0 atom stereocenters. The minimum absolute atomic E-state index is 0.262. The Morgan fingerprint density at radius 1 is 1.17 bits per heavy atom. The van der Waals surface area contributed by atoms with Gasteiger partial charge >= 0.3 is 0 Å². The number of ether oxygens (including phenoxy) is 2. The van der Waals surface area contributed by atoms with Gasteiger partial charge in [0.1, 0.15) is 6.61 Å². The highest BCUT2D eigenvalue weighted by Crippen LogP contribution is 2.38. The number of carbonyl (C=O) groups is 2. The van der Waals surface area contributed by atoms with Crippen molar-refractivity contribution in [1.29, 1.82) is 0 Å². The Balaban J connectivity index is 1.74. The lowest BCUT2D eigenvalue weighted by Crippen LogP contribution is -2.29. The Morgan fingerprint density at radius 3 is 2.63 bits per heavy atom. The van der Waals surface area contributed by atoms with Crippen LogP contribution in [0.1, 0.15) is 17.5 Å². The molecule has 1 aliphatic rings. The van der Waals surface area contributed by atoms with E-state index >= 15 is 0 Å². The molecule has 30 heavy (non-hydrogen) atoms. The van der Waals surface area contributed by atoms with Gasteiger partial charge in [-0.1, -0.05) is 41.4 Å². The summed E-state index contributed by atoms with van der Waals surface area (Å²) >= 11 is 16.9. The van der Waals surface area contributed by atoms with Crippen molar-refractivity contribution < 1.29 is 19.1 Å². The van der Waals surface area contributed by atoms with Crippen molar-refractivity contribution in [1.82, 2.24) is 4.90 Å². The predicted molar refractivity (Wildman–Crippen MR) is 124 cm³/mol. The fourth-order valence-corrected chi connectivity index (χ4v) is 4.82. The minimum atomic E-state index is -0.313. The molecule has 0 unspecified atom stereocenters. The summed E-state index contributed by atoms with van der Waals surface area (Å²) in [6.45, 7) is 1.08. The Hall–Kier alpha value is -1.51. The number of carbonyl (C=O) groups excluding carboxylic acids is 2. The van der Waals surface area contributed by atoms with Gasteiger partial charge in [0, 0.05) is 30.8 Å². The first-order chi connectivity index (χ1) is 14.4. The van der Waals surface area contributed by atoms with E-state index in [0.717, 1.165) is 17.3 Å². The van der Waals surface area contributed by atoms with E-state index in [1.54, 1.807) is 31.4 Å². The van der Waals surface area contributed by atoms with Crippen LogP contribution in [0.5, 0.6) is 5.75 Å². The summed E-state index contributed by atoms with van der Waals surface area (Å²) in [7, 11) is 1.58. The fraction of sp³-hybridized carbons (Fsp3) is 0.238. The molecular weight excluding hydrogens is 513 g/mol. The van der Waals surface area contributed by atoms with Crippen molar-refractivity contribution in [2.24, 2.45) is 0 Å². The van der Waals surface area contributed by atoms with E-state index in [1.807, 2.05) is 18.2 Å². The summed E-state index contributed by atoms with van der Waals surface area (Å²) in [6, 6.07) is 10.9. The molecule has 3 rings (SSSR count). The van der Waals surface area contributed by atoms with E-state index in [4.69, 9.17) is 32.7 Å². The standard InChI is InChI=1S/C21H18BrCl2NO4S/c1-28-8-4-7-25-20(26)18(30-21(25)27)11-13-9-15(22)19(17(24)10-13)29-12-14-5-2-3-6-16(14)23/h2-3,5-6,9-11H,4,7-8,12H2,1H3/b18-11+. The molecule has 2 aromatic rings. The largest absolute Gasteiger partial charge is 0.486 e. The number of hydrogen-bond acceptors (Lipinski definition) is 5. The van der Waals surface area contributed by atoms with Crippen molar-refractivity contribution in [3.63, 3.8) is 0 Å². The molecule has 158 valence electrons. The van der Waals surface area contributed by atoms with Crippen LogP contribution in [0.4, 0.5) is 4.79 Å². The summed E-state index contributed by atoms with van der Waals surface area (Å²) in [4.78, 5) is 26.3. The number of hydrogen-bond donors (Lipinski definition) is 0. The van der Waals surface area contributed by atoms with Crippen LogP contribution in [0.25, 0.3) is 6.08 Å². The first-order valence-electron chi connectivity index (χ1n) is 9.00. The van der Waals surface area contributed by atoms with E-state index in [0.29, 0.717) is 50.3 Å². The molecule has 1 aliphatic heterocycles. The van der Waals surface area contributed by atoms with Gasteiger partial charge in [-0.05, 0) is 64.0 Å². The van der Waals surface area contributed by atoms with E-state index < -0.39 is 0 Å². The van der Waals surface area contributed by atoms with Crippen LogP contribution in [0, 0.1) is 0 Å². The number of thioether (sulfide) groups is 1. The smallest absolute Gasteiger partial charge is 0.293 e. The second-order valence-corrected chi connectivity index (χ2v) is 9.04. The SMILES string of the molecule is COCCCN1C(=O)S/C(=C/c2cc(Cl)c(OCc3ccccc3Cl)c(Br)c2)C1=O. The van der Waals surface area contributed by atoms with E-state index in [9.17, 15) is 9.59 Å². The molecule has 0 N–H and O–H groups in total. The Labute approximate surface area is 197 Å². The van der Waals surface area contributed by atoms with Gasteiger partial charge in [-0.15, -0.1) is 0 Å². The van der Waals surface area contributed by atoms with E-state index in [-0.39, 0.29) is 17.8 Å². The second-order valence-electron chi connectivity index (χ2n) is 6.37. The second kappa shape index (κ2) is 10.7. The first-order valence-corrected chi connectivity index (χ1v) is 11.4. The van der Waals surface area contributed by atoms with Crippen LogP contribution in [0.15, 0.2) is 45.8 Å². The number of rotatable bonds is 8. The summed E-state index contributed by atoms with van der Waals surface area (Å²) in [5.74, 6) is 0.161. The highest BCUT2D eigenvalue weighted by Gasteiger charge is 2.34. The highest BCUT2D eigenvalue weighted by atomic mass is 79.9. The van der Waals surface area contributed by atoms with Crippen molar-refractivity contribution in [2.45, 2.75) is 13.0 Å². The van der Waals surface area contributed by atoms with Crippen LogP contribution in [0.3, 0.4) is 0 Å². The fourth-order valence-electron chi connectivity index (χ4n) is 2.78.